The molecule has 0 unspecified atom stereocenters. The van der Waals surface area contributed by atoms with Crippen molar-refractivity contribution in [1.82, 2.24) is 19.9 Å². The van der Waals surface area contributed by atoms with Crippen LogP contribution in [0.15, 0.2) is 45.3 Å². The summed E-state index contributed by atoms with van der Waals surface area (Å²) in [7, 11) is 1.77. The van der Waals surface area contributed by atoms with Crippen LogP contribution < -0.4 is 10.9 Å². The first kappa shape index (κ1) is 13.6. The second-order valence-electron chi connectivity index (χ2n) is 4.41. The van der Waals surface area contributed by atoms with Gasteiger partial charge in [-0.25, -0.2) is 15.0 Å². The Kier molecular flexibility index (Phi) is 3.57. The molecule has 0 aliphatic carbocycles. The zero-order valence-electron chi connectivity index (χ0n) is 11.5. The normalized spacial score (nSPS) is 10.8. The van der Waals surface area contributed by atoms with E-state index in [0.29, 0.717) is 16.8 Å². The Labute approximate surface area is 125 Å². The molecule has 2 aromatic heterocycles. The molecule has 0 saturated heterocycles. The Morgan fingerprint density at radius 3 is 2.76 bits per heavy atom. The third kappa shape index (κ3) is 2.87. The van der Waals surface area contributed by atoms with Crippen molar-refractivity contribution in [1.29, 1.82) is 0 Å². The molecule has 2 N–H and O–H groups in total. The van der Waals surface area contributed by atoms with E-state index in [0.717, 1.165) is 15.9 Å². The predicted octanol–water partition coefficient (Wildman–Crippen LogP) is 2.21. The molecular formula is C14H13N5OS. The molecule has 2 heterocycles. The van der Waals surface area contributed by atoms with Crippen molar-refractivity contribution in [3.63, 3.8) is 0 Å². The molecule has 21 heavy (non-hydrogen) atoms. The van der Waals surface area contributed by atoms with Crippen LogP contribution in [0.3, 0.4) is 0 Å². The maximum atomic E-state index is 11.5. The average Bonchev–Trinajstić information content (AvgIpc) is 2.46. The lowest BCUT2D eigenvalue weighted by molar-refractivity contribution is 0.902. The molecule has 7 heteroatoms. The number of para-hydroxylation sites is 1. The summed E-state index contributed by atoms with van der Waals surface area (Å²) in [5, 5.41) is 5.13. The quantitative estimate of drug-likeness (QED) is 0.570. The first-order valence-electron chi connectivity index (χ1n) is 6.36. The number of anilines is 1. The Morgan fingerprint density at radius 2 is 2.00 bits per heavy atom. The van der Waals surface area contributed by atoms with Gasteiger partial charge in [-0.15, -0.1) is 0 Å². The zero-order chi connectivity index (χ0) is 14.8. The minimum Gasteiger partial charge on any atom is -0.357 e. The summed E-state index contributed by atoms with van der Waals surface area (Å²) >= 11 is 1.32. The van der Waals surface area contributed by atoms with Gasteiger partial charge in [0.25, 0.3) is 5.56 Å². The minimum atomic E-state index is -0.169. The Balaban J connectivity index is 2.12. The summed E-state index contributed by atoms with van der Waals surface area (Å²) in [6.45, 7) is 1.79. The average molecular weight is 299 g/mol. The van der Waals surface area contributed by atoms with Crippen molar-refractivity contribution in [2.45, 2.75) is 17.1 Å². The SMILES string of the molecule is CNc1nc(Sc2nc(C)cc(=O)[nH]2)c2ccccc2n1. The molecule has 0 aliphatic rings. The van der Waals surface area contributed by atoms with Crippen LogP contribution in [0, 0.1) is 6.92 Å². The van der Waals surface area contributed by atoms with Gasteiger partial charge in [0.05, 0.1) is 5.52 Å². The van der Waals surface area contributed by atoms with Gasteiger partial charge in [0, 0.05) is 24.2 Å². The molecule has 0 amide bonds. The van der Waals surface area contributed by atoms with Gasteiger partial charge in [0.15, 0.2) is 5.16 Å². The van der Waals surface area contributed by atoms with E-state index in [1.165, 1.54) is 17.8 Å². The van der Waals surface area contributed by atoms with Crippen molar-refractivity contribution >= 4 is 28.6 Å². The third-order valence-corrected chi connectivity index (χ3v) is 3.72. The Bertz CT molecular complexity index is 861. The van der Waals surface area contributed by atoms with Crippen LogP contribution in [0.5, 0.6) is 0 Å². The van der Waals surface area contributed by atoms with Gasteiger partial charge in [-0.2, -0.15) is 0 Å². The number of aryl methyl sites for hydroxylation is 1. The van der Waals surface area contributed by atoms with Crippen LogP contribution in [-0.2, 0) is 0 Å². The minimum absolute atomic E-state index is 0.169. The maximum absolute atomic E-state index is 11.5. The number of aromatic amines is 1. The van der Waals surface area contributed by atoms with E-state index < -0.39 is 0 Å². The molecule has 3 aromatic rings. The fraction of sp³-hybridized carbons (Fsp3) is 0.143. The van der Waals surface area contributed by atoms with Crippen LogP contribution in [0.2, 0.25) is 0 Å². The van der Waals surface area contributed by atoms with Gasteiger partial charge < -0.3 is 10.3 Å². The van der Waals surface area contributed by atoms with Crippen molar-refractivity contribution in [3.05, 3.63) is 46.4 Å². The molecule has 0 bridgehead atoms. The predicted molar refractivity (Wildman–Crippen MR) is 82.8 cm³/mol. The molecule has 0 spiro atoms. The van der Waals surface area contributed by atoms with Crippen LogP contribution in [-0.4, -0.2) is 27.0 Å². The molecule has 0 aliphatic heterocycles. The number of H-pyrrole nitrogens is 1. The smallest absolute Gasteiger partial charge is 0.251 e. The molecular weight excluding hydrogens is 286 g/mol. The molecule has 106 valence electrons. The third-order valence-electron chi connectivity index (χ3n) is 2.83. The van der Waals surface area contributed by atoms with Gasteiger partial charge >= 0.3 is 0 Å². The molecule has 0 fully saturated rings. The highest BCUT2D eigenvalue weighted by atomic mass is 32.2. The van der Waals surface area contributed by atoms with Crippen LogP contribution in [0.1, 0.15) is 5.69 Å². The lowest BCUT2D eigenvalue weighted by atomic mass is 10.2. The maximum Gasteiger partial charge on any atom is 0.251 e. The number of benzene rings is 1. The number of hydrogen-bond acceptors (Lipinski definition) is 6. The summed E-state index contributed by atoms with van der Waals surface area (Å²) in [5.74, 6) is 0.534. The summed E-state index contributed by atoms with van der Waals surface area (Å²) in [4.78, 5) is 27.4. The second kappa shape index (κ2) is 5.53. The van der Waals surface area contributed by atoms with Crippen molar-refractivity contribution < 1.29 is 0 Å². The lowest BCUT2D eigenvalue weighted by Crippen LogP contribution is -2.08. The van der Waals surface area contributed by atoms with Crippen LogP contribution in [0.25, 0.3) is 10.9 Å². The Hall–Kier alpha value is -2.41. The number of nitrogens with zero attached hydrogens (tertiary/aromatic N) is 3. The van der Waals surface area contributed by atoms with E-state index in [9.17, 15) is 4.79 Å². The fourth-order valence-corrected chi connectivity index (χ4v) is 2.87. The second-order valence-corrected chi connectivity index (χ2v) is 5.39. The highest BCUT2D eigenvalue weighted by Crippen LogP contribution is 2.29. The van der Waals surface area contributed by atoms with Gasteiger partial charge in [-0.05, 0) is 24.8 Å². The summed E-state index contributed by atoms with van der Waals surface area (Å²) in [6, 6.07) is 9.19. The molecule has 0 saturated carbocycles. The summed E-state index contributed by atoms with van der Waals surface area (Å²) in [6.07, 6.45) is 0. The van der Waals surface area contributed by atoms with E-state index in [1.54, 1.807) is 14.0 Å². The highest BCUT2D eigenvalue weighted by Gasteiger charge is 2.10. The van der Waals surface area contributed by atoms with Crippen LogP contribution >= 0.6 is 11.8 Å². The van der Waals surface area contributed by atoms with Gasteiger partial charge in [0.1, 0.15) is 5.03 Å². The number of aromatic nitrogens is 4. The highest BCUT2D eigenvalue weighted by molar-refractivity contribution is 7.99. The lowest BCUT2D eigenvalue weighted by Gasteiger charge is -2.07. The number of nitrogens with one attached hydrogen (secondary N) is 2. The molecule has 0 radical (unpaired) electrons. The fourth-order valence-electron chi connectivity index (χ4n) is 1.93. The standard InChI is InChI=1S/C14H13N5OS/c1-8-7-11(20)18-14(16-8)21-12-9-5-3-4-6-10(9)17-13(15-2)19-12/h3-7H,1-2H3,(H,15,17,19)(H,16,18,20). The van der Waals surface area contributed by atoms with Gasteiger partial charge in [-0.1, -0.05) is 18.2 Å². The summed E-state index contributed by atoms with van der Waals surface area (Å²) < 4.78 is 0. The topological polar surface area (TPSA) is 83.6 Å². The Morgan fingerprint density at radius 1 is 1.19 bits per heavy atom. The zero-order valence-corrected chi connectivity index (χ0v) is 12.4. The van der Waals surface area contributed by atoms with Crippen molar-refractivity contribution in [2.75, 3.05) is 12.4 Å². The summed E-state index contributed by atoms with van der Waals surface area (Å²) in [5.41, 5.74) is 1.35. The molecule has 1 aromatic carbocycles. The largest absolute Gasteiger partial charge is 0.357 e. The van der Waals surface area contributed by atoms with Crippen LogP contribution in [0.4, 0.5) is 5.95 Å². The van der Waals surface area contributed by atoms with E-state index in [1.807, 2.05) is 24.3 Å². The first-order chi connectivity index (χ1) is 10.2. The van der Waals surface area contributed by atoms with E-state index in [2.05, 4.69) is 25.3 Å². The van der Waals surface area contributed by atoms with E-state index in [-0.39, 0.29) is 5.56 Å². The first-order valence-corrected chi connectivity index (χ1v) is 7.18. The molecule has 3 rings (SSSR count). The number of rotatable bonds is 3. The monoisotopic (exact) mass is 299 g/mol. The van der Waals surface area contributed by atoms with Crippen molar-refractivity contribution in [2.24, 2.45) is 0 Å². The number of fused-ring (bicyclic) bond motifs is 1. The van der Waals surface area contributed by atoms with E-state index >= 15 is 0 Å². The van der Waals surface area contributed by atoms with Gasteiger partial charge in [0.2, 0.25) is 5.95 Å². The molecule has 0 atom stereocenters. The van der Waals surface area contributed by atoms with Crippen molar-refractivity contribution in [3.8, 4) is 0 Å². The van der Waals surface area contributed by atoms with Gasteiger partial charge in [-0.3, -0.25) is 4.79 Å². The van der Waals surface area contributed by atoms with E-state index in [4.69, 9.17) is 0 Å². The molecule has 6 nitrogen and oxygen atoms in total. The number of hydrogen-bond donors (Lipinski definition) is 2.